The van der Waals surface area contributed by atoms with E-state index in [2.05, 4.69) is 101 Å². The molecule has 4 aromatic rings. The van der Waals surface area contributed by atoms with E-state index in [0.29, 0.717) is 0 Å². The van der Waals surface area contributed by atoms with Crippen LogP contribution in [0.5, 0.6) is 28.7 Å². The Balaban J connectivity index is 0.000000337. The van der Waals surface area contributed by atoms with E-state index in [1.54, 1.807) is 35.5 Å². The number of benzene rings is 4. The molecule has 0 aromatic heterocycles. The van der Waals surface area contributed by atoms with Gasteiger partial charge < -0.3 is 32.9 Å². The van der Waals surface area contributed by atoms with Gasteiger partial charge in [-0.05, 0) is 187 Å². The summed E-state index contributed by atoms with van der Waals surface area (Å²) in [6, 6.07) is 33.2. The molecule has 0 unspecified atom stereocenters. The van der Waals surface area contributed by atoms with Crippen molar-refractivity contribution in [1.29, 1.82) is 0 Å². The molecule has 0 heterocycles. The van der Waals surface area contributed by atoms with Crippen molar-refractivity contribution in [2.75, 3.05) is 35.5 Å². The third-order valence-corrected chi connectivity index (χ3v) is 23.2. The topological polar surface area (TPSA) is 94.1 Å². The van der Waals surface area contributed by atoms with Gasteiger partial charge >= 0.3 is 0 Å². The quantitative estimate of drug-likeness (QED) is 0.0356. The number of aryl methyl sites for hydroxylation is 4. The summed E-state index contributed by atoms with van der Waals surface area (Å²) in [6.07, 6.45) is 8.41. The number of ether oxygens (including phenoxy) is 5. The normalized spacial score (nSPS) is 12.0. The van der Waals surface area contributed by atoms with Gasteiger partial charge in [0, 0.05) is 5.56 Å². The highest BCUT2D eigenvalue weighted by atomic mass is 28.4. The highest BCUT2D eigenvalue weighted by Crippen LogP contribution is 2.31. The Labute approximate surface area is 385 Å². The lowest BCUT2D eigenvalue weighted by atomic mass is 10.1. The third kappa shape index (κ3) is 19.7. The summed E-state index contributed by atoms with van der Waals surface area (Å²) < 4.78 is 46.0. The predicted octanol–water partition coefficient (Wildman–Crippen LogP) is 12.8. The Kier molecular flexibility index (Phi) is 22.7. The van der Waals surface area contributed by atoms with E-state index in [1.165, 1.54) is 22.3 Å². The molecular weight excluding hydrogens is 857 g/mol. The summed E-state index contributed by atoms with van der Waals surface area (Å²) in [5.74, 6) is 4.25. The van der Waals surface area contributed by atoms with Crippen molar-refractivity contribution in [3.63, 3.8) is 0 Å². The van der Waals surface area contributed by atoms with Crippen molar-refractivity contribution >= 4 is 33.3 Å². The smallest absolute Gasteiger partial charge is 0.231 e. The molecule has 0 radical (unpaired) electrons. The lowest BCUT2D eigenvalue weighted by Gasteiger charge is -2.34. The standard InChI is InChI=1S/C26H42O5Si2.C24H38O4Si2/c1-28-24-14-12-21(18-23(24)20-27)10-8-16-32(4,5)31-33(6,7)17-9-11-22-13-15-25(29-2)26(19-22)30-3;1-25-23-17-9-7-13-21(23)15-11-19-29(3,4)27-28-30(5,6)20-12-16-22-14-8-10-18-24(22)26-2/h12-15,18-19,27H,8-11,16-17,20H2,1-7H3;7-10,13-14,17-18H,11-12,15-16,19-20H2,1-6H3. The summed E-state index contributed by atoms with van der Waals surface area (Å²) in [5, 5.41) is 9.55. The molecule has 1 N–H and O–H groups in total. The zero-order valence-corrected chi connectivity index (χ0v) is 45.0. The summed E-state index contributed by atoms with van der Waals surface area (Å²) in [4.78, 5) is 0. The fourth-order valence-corrected chi connectivity index (χ4v) is 20.9. The van der Waals surface area contributed by atoms with Crippen LogP contribution in [0.3, 0.4) is 0 Å². The third-order valence-electron chi connectivity index (χ3n) is 11.3. The molecule has 0 aliphatic carbocycles. The molecule has 0 aliphatic rings. The average molecular weight is 938 g/mol. The van der Waals surface area contributed by atoms with Crippen LogP contribution < -0.4 is 23.7 Å². The molecule has 350 valence electrons. The fourth-order valence-electron chi connectivity index (χ4n) is 7.97. The molecule has 13 heteroatoms. The first-order valence-electron chi connectivity index (χ1n) is 22.7. The number of aliphatic hydroxyl groups is 1. The minimum Gasteiger partial charge on any atom is -0.496 e. The maximum Gasteiger partial charge on any atom is 0.231 e. The van der Waals surface area contributed by atoms with Gasteiger partial charge in [-0.3, -0.25) is 9.15 Å². The molecule has 0 fully saturated rings. The van der Waals surface area contributed by atoms with Gasteiger partial charge in [-0.15, -0.1) is 0 Å². The minimum absolute atomic E-state index is 0.00344. The number of methoxy groups -OCH3 is 5. The molecule has 63 heavy (non-hydrogen) atoms. The molecule has 0 spiro atoms. The second-order valence-electron chi connectivity index (χ2n) is 18.8. The van der Waals surface area contributed by atoms with Gasteiger partial charge in [0.25, 0.3) is 0 Å². The van der Waals surface area contributed by atoms with Gasteiger partial charge in [-0.1, -0.05) is 48.5 Å². The summed E-state index contributed by atoms with van der Waals surface area (Å²) in [5.41, 5.74) is 5.89. The summed E-state index contributed by atoms with van der Waals surface area (Å²) in [6.45, 7) is 18.4. The van der Waals surface area contributed by atoms with E-state index in [0.717, 1.165) is 110 Å². The lowest BCUT2D eigenvalue weighted by Crippen LogP contribution is -2.44. The summed E-state index contributed by atoms with van der Waals surface area (Å²) in [7, 11) is 1.25. The van der Waals surface area contributed by atoms with Crippen molar-refractivity contribution in [1.82, 2.24) is 0 Å². The highest BCUT2D eigenvalue weighted by molar-refractivity contribution is 6.84. The van der Waals surface area contributed by atoms with E-state index in [9.17, 15) is 5.11 Å². The van der Waals surface area contributed by atoms with Crippen LogP contribution in [-0.2, 0) is 45.6 Å². The molecule has 4 rings (SSSR count). The van der Waals surface area contributed by atoms with Crippen LogP contribution >= 0.6 is 0 Å². The number of rotatable bonds is 27. The van der Waals surface area contributed by atoms with E-state index in [4.69, 9.17) is 37.0 Å². The van der Waals surface area contributed by atoms with E-state index in [-0.39, 0.29) is 6.61 Å². The second-order valence-corrected chi connectivity index (χ2v) is 36.1. The van der Waals surface area contributed by atoms with Gasteiger partial charge in [-0.25, -0.2) is 0 Å². The molecule has 0 bridgehead atoms. The van der Waals surface area contributed by atoms with Crippen LogP contribution in [0.1, 0.15) is 53.5 Å². The van der Waals surface area contributed by atoms with Crippen LogP contribution in [0.25, 0.3) is 0 Å². The first-order chi connectivity index (χ1) is 29.9. The maximum atomic E-state index is 9.55. The van der Waals surface area contributed by atoms with Crippen molar-refractivity contribution in [2.24, 2.45) is 0 Å². The zero-order chi connectivity index (χ0) is 46.5. The van der Waals surface area contributed by atoms with E-state index < -0.39 is 33.3 Å². The molecule has 4 aromatic carbocycles. The largest absolute Gasteiger partial charge is 0.496 e. The molecular formula is C50H80O9Si4. The van der Waals surface area contributed by atoms with Crippen LogP contribution in [0.2, 0.25) is 76.6 Å². The Hall–Kier alpha value is -3.41. The van der Waals surface area contributed by atoms with Crippen molar-refractivity contribution in [3.05, 3.63) is 113 Å². The van der Waals surface area contributed by atoms with Gasteiger partial charge in [0.15, 0.2) is 28.1 Å². The second kappa shape index (κ2) is 26.5. The number of para-hydroxylation sites is 2. The minimum atomic E-state index is -1.86. The first kappa shape index (κ1) is 53.9. The summed E-state index contributed by atoms with van der Waals surface area (Å²) >= 11 is 0. The van der Waals surface area contributed by atoms with Crippen molar-refractivity contribution in [3.8, 4) is 28.7 Å². The Bertz CT molecular complexity index is 1800. The lowest BCUT2D eigenvalue weighted by molar-refractivity contribution is -0.125. The zero-order valence-electron chi connectivity index (χ0n) is 41.0. The first-order valence-corrected chi connectivity index (χ1v) is 35.1. The molecule has 0 aliphatic heterocycles. The van der Waals surface area contributed by atoms with Gasteiger partial charge in [0.1, 0.15) is 17.2 Å². The van der Waals surface area contributed by atoms with Crippen molar-refractivity contribution < 1.29 is 42.1 Å². The van der Waals surface area contributed by atoms with E-state index >= 15 is 0 Å². The van der Waals surface area contributed by atoms with E-state index in [1.807, 2.05) is 36.4 Å². The maximum absolute atomic E-state index is 9.55. The van der Waals surface area contributed by atoms with Gasteiger partial charge in [-0.2, -0.15) is 0 Å². The Morgan fingerprint density at radius 3 is 1.17 bits per heavy atom. The monoisotopic (exact) mass is 936 g/mol. The fraction of sp³-hybridized carbons (Fsp3) is 0.520. The Morgan fingerprint density at radius 1 is 0.381 bits per heavy atom. The predicted molar refractivity (Wildman–Crippen MR) is 270 cm³/mol. The molecule has 0 saturated carbocycles. The van der Waals surface area contributed by atoms with Gasteiger partial charge in [0.05, 0.1) is 42.2 Å². The Morgan fingerprint density at radius 2 is 0.746 bits per heavy atom. The molecule has 0 amide bonds. The van der Waals surface area contributed by atoms with Crippen LogP contribution in [-0.4, -0.2) is 73.9 Å². The SMILES string of the molecule is COc1ccc(CCC[Si](C)(C)O[Si](C)(C)CCCc2ccc(OC)c(OC)c2)cc1CO.COc1ccccc1CCC[Si](C)(C)OO[Si](C)(C)CCCc1ccccc1OC. The molecule has 0 atom stereocenters. The van der Waals surface area contributed by atoms with Crippen LogP contribution in [0.4, 0.5) is 0 Å². The van der Waals surface area contributed by atoms with Crippen molar-refractivity contribution in [2.45, 2.75) is 135 Å². The number of hydrogen-bond donors (Lipinski definition) is 1. The van der Waals surface area contributed by atoms with Crippen LogP contribution in [0.15, 0.2) is 84.9 Å². The number of hydrogen-bond acceptors (Lipinski definition) is 9. The average Bonchev–Trinajstić information content (AvgIpc) is 3.25. The number of aliphatic hydroxyl groups excluding tert-OH is 1. The molecule has 0 saturated heterocycles. The molecule has 9 nitrogen and oxygen atoms in total. The highest BCUT2D eigenvalue weighted by Gasteiger charge is 2.33. The van der Waals surface area contributed by atoms with Crippen LogP contribution in [0, 0.1) is 0 Å². The van der Waals surface area contributed by atoms with Gasteiger partial charge in [0.2, 0.25) is 16.6 Å².